The van der Waals surface area contributed by atoms with Gasteiger partial charge < -0.3 is 9.80 Å². The lowest BCUT2D eigenvalue weighted by atomic mass is 10.0. The Morgan fingerprint density at radius 1 is 0.885 bits per heavy atom. The van der Waals surface area contributed by atoms with Crippen molar-refractivity contribution in [1.82, 2.24) is 19.6 Å². The average molecular weight is 367 g/mol. The number of nitrogens with zero attached hydrogens (tertiary/aromatic N) is 4. The van der Waals surface area contributed by atoms with E-state index in [1.54, 1.807) is 0 Å². The van der Waals surface area contributed by atoms with E-state index in [0.717, 1.165) is 39.1 Å². The number of carbonyl (C=O) groups is 1. The van der Waals surface area contributed by atoms with Crippen molar-refractivity contribution in [3.63, 3.8) is 0 Å². The number of amides is 1. The third-order valence-electron chi connectivity index (χ3n) is 5.99. The molecule has 0 N–H and O–H groups in total. The zero-order valence-electron chi connectivity index (χ0n) is 18.0. The molecule has 0 spiro atoms. The second kappa shape index (κ2) is 10.0. The van der Waals surface area contributed by atoms with Crippen LogP contribution in [0.2, 0.25) is 0 Å². The maximum absolute atomic E-state index is 12.3. The Bertz CT molecular complexity index is 438. The Morgan fingerprint density at radius 3 is 2.23 bits per heavy atom. The van der Waals surface area contributed by atoms with Crippen LogP contribution in [0.15, 0.2) is 0 Å². The largest absolute Gasteiger partial charge is 0.341 e. The van der Waals surface area contributed by atoms with Crippen LogP contribution < -0.4 is 0 Å². The first-order valence-corrected chi connectivity index (χ1v) is 10.8. The molecule has 0 aromatic rings. The molecule has 0 radical (unpaired) electrons. The molecule has 0 aromatic heterocycles. The van der Waals surface area contributed by atoms with Gasteiger partial charge in [-0.05, 0) is 59.3 Å². The molecule has 2 fully saturated rings. The van der Waals surface area contributed by atoms with Crippen molar-refractivity contribution in [2.75, 3.05) is 65.4 Å². The van der Waals surface area contributed by atoms with Gasteiger partial charge in [-0.15, -0.1) is 0 Å². The molecule has 0 atom stereocenters. The van der Waals surface area contributed by atoms with E-state index < -0.39 is 0 Å². The fraction of sp³-hybridized carbons (Fsp3) is 0.952. The van der Waals surface area contributed by atoms with Gasteiger partial charge in [0.25, 0.3) is 0 Å². The number of hydrogen-bond donors (Lipinski definition) is 0. The van der Waals surface area contributed by atoms with E-state index in [0.29, 0.717) is 5.91 Å². The Kier molecular flexibility index (Phi) is 8.37. The van der Waals surface area contributed by atoms with Gasteiger partial charge in [-0.2, -0.15) is 0 Å². The smallest absolute Gasteiger partial charge is 0.225 e. The second-order valence-electron chi connectivity index (χ2n) is 9.10. The van der Waals surface area contributed by atoms with Crippen LogP contribution >= 0.6 is 0 Å². The summed E-state index contributed by atoms with van der Waals surface area (Å²) >= 11 is 0. The summed E-state index contributed by atoms with van der Waals surface area (Å²) in [5.74, 6) is 0.427. The molecule has 152 valence electrons. The second-order valence-corrected chi connectivity index (χ2v) is 9.10. The van der Waals surface area contributed by atoms with Crippen molar-refractivity contribution in [2.45, 2.75) is 59.4 Å². The van der Waals surface area contributed by atoms with Crippen LogP contribution in [0.25, 0.3) is 0 Å². The van der Waals surface area contributed by atoms with Crippen LogP contribution in [-0.4, -0.2) is 96.5 Å². The molecule has 2 saturated heterocycles. The molecule has 0 aliphatic carbocycles. The Hall–Kier alpha value is -0.650. The minimum absolute atomic E-state index is 0.112. The number of rotatable bonds is 6. The van der Waals surface area contributed by atoms with Gasteiger partial charge in [0.1, 0.15) is 0 Å². The minimum atomic E-state index is 0.112. The molecule has 2 heterocycles. The van der Waals surface area contributed by atoms with E-state index in [2.05, 4.69) is 40.4 Å². The highest BCUT2D eigenvalue weighted by atomic mass is 16.2. The van der Waals surface area contributed by atoms with Gasteiger partial charge in [0.2, 0.25) is 5.91 Å². The number of carbonyl (C=O) groups excluding carboxylic acids is 1. The zero-order chi connectivity index (χ0) is 19.2. The van der Waals surface area contributed by atoms with Crippen LogP contribution in [0.4, 0.5) is 0 Å². The topological polar surface area (TPSA) is 30.0 Å². The summed E-state index contributed by atoms with van der Waals surface area (Å²) in [5, 5.41) is 0. The van der Waals surface area contributed by atoms with Crippen molar-refractivity contribution in [3.05, 3.63) is 0 Å². The molecular formula is C21H42N4O. The first-order valence-electron chi connectivity index (χ1n) is 10.8. The molecule has 1 amide bonds. The van der Waals surface area contributed by atoms with Gasteiger partial charge in [0, 0.05) is 50.7 Å². The van der Waals surface area contributed by atoms with Gasteiger partial charge >= 0.3 is 0 Å². The normalized spacial score (nSPS) is 22.5. The summed E-state index contributed by atoms with van der Waals surface area (Å²) in [6.07, 6.45) is 3.63. The van der Waals surface area contributed by atoms with Gasteiger partial charge in [0.15, 0.2) is 0 Å². The Balaban J connectivity index is 1.87. The summed E-state index contributed by atoms with van der Waals surface area (Å²) < 4.78 is 0. The lowest BCUT2D eigenvalue weighted by Gasteiger charge is -2.41. The summed E-state index contributed by atoms with van der Waals surface area (Å²) in [6.45, 7) is 22.2. The molecule has 0 bridgehead atoms. The van der Waals surface area contributed by atoms with Crippen LogP contribution in [0.1, 0.15) is 53.9 Å². The van der Waals surface area contributed by atoms with Crippen LogP contribution in [0.3, 0.4) is 0 Å². The van der Waals surface area contributed by atoms with Gasteiger partial charge in [-0.3, -0.25) is 14.6 Å². The maximum Gasteiger partial charge on any atom is 0.225 e. The van der Waals surface area contributed by atoms with E-state index in [-0.39, 0.29) is 11.5 Å². The van der Waals surface area contributed by atoms with E-state index in [1.807, 2.05) is 13.8 Å². The molecule has 2 rings (SSSR count). The van der Waals surface area contributed by atoms with Crippen molar-refractivity contribution in [3.8, 4) is 0 Å². The highest BCUT2D eigenvalue weighted by Gasteiger charge is 2.31. The molecule has 0 saturated carbocycles. The molecule has 0 aromatic carbocycles. The van der Waals surface area contributed by atoms with Crippen molar-refractivity contribution < 1.29 is 4.79 Å². The molecule has 5 nitrogen and oxygen atoms in total. The lowest BCUT2D eigenvalue weighted by molar-refractivity contribution is -0.134. The van der Waals surface area contributed by atoms with Crippen molar-refractivity contribution in [2.24, 2.45) is 5.92 Å². The van der Waals surface area contributed by atoms with Crippen LogP contribution in [-0.2, 0) is 4.79 Å². The van der Waals surface area contributed by atoms with Crippen molar-refractivity contribution in [1.29, 1.82) is 0 Å². The summed E-state index contributed by atoms with van der Waals surface area (Å²) in [4.78, 5) is 22.3. The van der Waals surface area contributed by atoms with Gasteiger partial charge in [0.05, 0.1) is 0 Å². The summed E-state index contributed by atoms with van der Waals surface area (Å²) in [5.41, 5.74) is 0.194. The molecule has 2 aliphatic heterocycles. The Morgan fingerprint density at radius 2 is 1.54 bits per heavy atom. The third-order valence-corrected chi connectivity index (χ3v) is 5.99. The molecule has 2 aliphatic rings. The summed E-state index contributed by atoms with van der Waals surface area (Å²) in [6, 6.07) is 0. The quantitative estimate of drug-likeness (QED) is 0.722. The first kappa shape index (κ1) is 21.6. The highest BCUT2D eigenvalue weighted by molar-refractivity contribution is 5.78. The van der Waals surface area contributed by atoms with E-state index >= 15 is 0 Å². The highest BCUT2D eigenvalue weighted by Crippen LogP contribution is 2.20. The van der Waals surface area contributed by atoms with Gasteiger partial charge in [-0.1, -0.05) is 20.8 Å². The fourth-order valence-corrected chi connectivity index (χ4v) is 4.48. The molecule has 26 heavy (non-hydrogen) atoms. The molecule has 0 unspecified atom stereocenters. The SMILES string of the molecule is CCCN1CCCN(C(C)(C)CN2CCCN(C(=O)C(C)C)CC2)CC1. The zero-order valence-corrected chi connectivity index (χ0v) is 18.0. The fourth-order valence-electron chi connectivity index (χ4n) is 4.48. The van der Waals surface area contributed by atoms with E-state index in [4.69, 9.17) is 0 Å². The predicted molar refractivity (Wildman–Crippen MR) is 109 cm³/mol. The van der Waals surface area contributed by atoms with E-state index in [9.17, 15) is 4.79 Å². The lowest BCUT2D eigenvalue weighted by Crippen LogP contribution is -2.53. The average Bonchev–Trinajstić information content (AvgIpc) is 2.95. The van der Waals surface area contributed by atoms with Crippen molar-refractivity contribution >= 4 is 5.91 Å². The monoisotopic (exact) mass is 366 g/mol. The maximum atomic E-state index is 12.3. The number of hydrogen-bond acceptors (Lipinski definition) is 4. The summed E-state index contributed by atoms with van der Waals surface area (Å²) in [7, 11) is 0. The van der Waals surface area contributed by atoms with Crippen LogP contribution in [0, 0.1) is 5.92 Å². The predicted octanol–water partition coefficient (Wildman–Crippen LogP) is 2.37. The van der Waals surface area contributed by atoms with Gasteiger partial charge in [-0.25, -0.2) is 0 Å². The first-order chi connectivity index (χ1) is 12.3. The minimum Gasteiger partial charge on any atom is -0.341 e. The molecular weight excluding hydrogens is 324 g/mol. The standard InChI is InChI=1S/C21H42N4O/c1-6-9-22-10-8-13-25(17-15-22)21(4,5)18-23-11-7-12-24(16-14-23)20(26)19(2)3/h19H,6-18H2,1-5H3. The Labute approximate surface area is 161 Å². The third kappa shape index (κ3) is 6.21. The molecule has 5 heteroatoms. The van der Waals surface area contributed by atoms with Crippen LogP contribution in [0.5, 0.6) is 0 Å². The van der Waals surface area contributed by atoms with E-state index in [1.165, 1.54) is 45.6 Å².